The zero-order valence-electron chi connectivity index (χ0n) is 37.0. The number of rotatable bonds is 26. The van der Waals surface area contributed by atoms with E-state index in [2.05, 4.69) is 46.2 Å². The van der Waals surface area contributed by atoms with Crippen molar-refractivity contribution in [3.63, 3.8) is 0 Å². The Morgan fingerprint density at radius 3 is 2.33 bits per heavy atom. The second kappa shape index (κ2) is 25.2. The third kappa shape index (κ3) is 16.9. The summed E-state index contributed by atoms with van der Waals surface area (Å²) in [6.07, 6.45) is 6.60. The molecule has 66 heavy (non-hydrogen) atoms. The highest BCUT2D eigenvalue weighted by molar-refractivity contribution is 7.46. The molecule has 24 nitrogen and oxygen atoms in total. The van der Waals surface area contributed by atoms with Gasteiger partial charge in [-0.2, -0.15) is 0 Å². The molecule has 1 aromatic carbocycles. The Hall–Kier alpha value is -5.78. The summed E-state index contributed by atoms with van der Waals surface area (Å²) in [4.78, 5) is 109. The molecule has 1 aliphatic rings. The van der Waals surface area contributed by atoms with Crippen molar-refractivity contribution in [3.05, 3.63) is 65.0 Å². The van der Waals surface area contributed by atoms with Gasteiger partial charge in [0.1, 0.15) is 42.5 Å². The number of carbonyl (C=O) groups is 6. The summed E-state index contributed by atoms with van der Waals surface area (Å²) in [6, 6.07) is 0.408. The summed E-state index contributed by atoms with van der Waals surface area (Å²) in [5, 5.41) is 32.8. The van der Waals surface area contributed by atoms with Gasteiger partial charge in [0.05, 0.1) is 38.0 Å². The molecule has 2 aromatic heterocycles. The minimum absolute atomic E-state index is 0.115. The maximum absolute atomic E-state index is 14.0. The number of amides is 6. The number of oxime groups is 1. The van der Waals surface area contributed by atoms with E-state index in [4.69, 9.17) is 22.2 Å². The molecule has 362 valence electrons. The number of aryl methyl sites for hydroxylation is 1. The van der Waals surface area contributed by atoms with Gasteiger partial charge in [-0.15, -0.1) is 5.10 Å². The third-order valence-corrected chi connectivity index (χ3v) is 11.2. The maximum Gasteiger partial charge on any atom is 0.469 e. The molecule has 0 saturated carbocycles. The van der Waals surface area contributed by atoms with E-state index in [1.54, 1.807) is 27.6 Å². The number of unbranched alkanes of at least 4 members (excludes halogenated alkanes) is 1. The number of aromatic nitrogens is 5. The largest absolute Gasteiger partial charge is 0.469 e. The zero-order chi connectivity index (χ0) is 48.6. The van der Waals surface area contributed by atoms with Crippen molar-refractivity contribution in [1.29, 1.82) is 0 Å². The molecule has 0 radical (unpaired) electrons. The Kier molecular flexibility index (Phi) is 20.2. The van der Waals surface area contributed by atoms with Crippen LogP contribution in [0.15, 0.2) is 48.1 Å². The number of benzene rings is 1. The number of nitrogens with two attached hydrogens (primary N) is 1. The molecular formula is C40H58ClN12O12P. The Morgan fingerprint density at radius 1 is 1.00 bits per heavy atom. The van der Waals surface area contributed by atoms with Crippen molar-refractivity contribution in [2.75, 3.05) is 19.8 Å². The summed E-state index contributed by atoms with van der Waals surface area (Å²) < 4.78 is 19.3. The molecule has 1 saturated heterocycles. The fourth-order valence-corrected chi connectivity index (χ4v) is 7.72. The van der Waals surface area contributed by atoms with Crippen molar-refractivity contribution < 1.29 is 57.6 Å². The standard InChI is InChI=1S/C40H58ClN12O12P/c1-24(2)16-31(46-40(60)34-8-7-14-53(34)26(4)55)37(57)45-32(38(58)47-33(22-54)39(59)48-35(36(42)56)25(3)65-66(61,62)63)17-30-19-43-23-51(30)13-5-6-15-64-44-18-29-21-52(50-49-29)20-27-9-11-28(41)12-10-27/h9-12,18-19,21,23-25,31-35,54H,5-8,13-17,20,22H2,1-4H3,(H2,42,56)(H,45,57)(H,46,60)(H,47,58)(H,48,59)(H2,61,62,63)/b44-18+/t25-,31+,32+,33+,34+,35+/m1/s1. The number of phosphoric acid groups is 1. The number of hydrogen-bond donors (Lipinski definition) is 8. The van der Waals surface area contributed by atoms with Crippen LogP contribution in [0.25, 0.3) is 0 Å². The van der Waals surface area contributed by atoms with Gasteiger partial charge in [0, 0.05) is 43.3 Å². The van der Waals surface area contributed by atoms with Gasteiger partial charge in [0.25, 0.3) is 0 Å². The predicted octanol–water partition coefficient (Wildman–Crippen LogP) is -0.479. The van der Waals surface area contributed by atoms with Crippen LogP contribution in [-0.4, -0.2) is 142 Å². The molecule has 0 aliphatic carbocycles. The first-order valence-corrected chi connectivity index (χ1v) is 23.1. The van der Waals surface area contributed by atoms with Gasteiger partial charge in [-0.25, -0.2) is 14.2 Å². The van der Waals surface area contributed by atoms with Crippen LogP contribution in [0, 0.1) is 5.92 Å². The number of primary amides is 1. The molecule has 9 N–H and O–H groups in total. The highest BCUT2D eigenvalue weighted by atomic mass is 35.5. The smallest absolute Gasteiger partial charge is 0.396 e. The second-order valence-corrected chi connectivity index (χ2v) is 17.7. The van der Waals surface area contributed by atoms with Crippen LogP contribution in [0.4, 0.5) is 0 Å². The molecular weight excluding hydrogens is 907 g/mol. The number of carbonyl (C=O) groups excluding carboxylic acids is 6. The van der Waals surface area contributed by atoms with E-state index >= 15 is 0 Å². The van der Waals surface area contributed by atoms with Crippen LogP contribution in [0.5, 0.6) is 0 Å². The van der Waals surface area contributed by atoms with Crippen LogP contribution in [0.3, 0.4) is 0 Å². The molecule has 0 bridgehead atoms. The van der Waals surface area contributed by atoms with Crippen LogP contribution < -0.4 is 27.0 Å². The van der Waals surface area contributed by atoms with Gasteiger partial charge < -0.3 is 56.2 Å². The number of phosphoric ester groups is 1. The summed E-state index contributed by atoms with van der Waals surface area (Å²) in [5.41, 5.74) is 7.31. The number of likely N-dealkylation sites (tertiary alicyclic amines) is 1. The predicted molar refractivity (Wildman–Crippen MR) is 236 cm³/mol. The second-order valence-electron chi connectivity index (χ2n) is 16.1. The lowest BCUT2D eigenvalue weighted by Crippen LogP contribution is -2.61. The van der Waals surface area contributed by atoms with Gasteiger partial charge in [0.15, 0.2) is 0 Å². The van der Waals surface area contributed by atoms with Gasteiger partial charge in [0.2, 0.25) is 35.4 Å². The Morgan fingerprint density at radius 2 is 1.68 bits per heavy atom. The van der Waals surface area contributed by atoms with Crippen LogP contribution in [-0.2, 0) is 62.2 Å². The van der Waals surface area contributed by atoms with Crippen molar-refractivity contribution in [2.45, 2.75) is 116 Å². The lowest BCUT2D eigenvalue weighted by atomic mass is 10.0. The van der Waals surface area contributed by atoms with Crippen LogP contribution in [0.2, 0.25) is 5.02 Å². The third-order valence-electron chi connectivity index (χ3n) is 10.3. The number of nitrogens with one attached hydrogen (secondary N) is 4. The van der Waals surface area contributed by atoms with E-state index in [0.29, 0.717) is 61.7 Å². The maximum atomic E-state index is 14.0. The lowest BCUT2D eigenvalue weighted by molar-refractivity contribution is -0.139. The van der Waals surface area contributed by atoms with E-state index in [0.717, 1.165) is 12.5 Å². The van der Waals surface area contributed by atoms with Crippen molar-refractivity contribution in [1.82, 2.24) is 50.7 Å². The fraction of sp³-hybridized carbons (Fsp3) is 0.550. The SMILES string of the molecule is CC(=O)N1CCC[C@H]1C(=O)N[C@@H](CC(C)C)C(=O)N[C@@H](Cc1cncn1CCCCO/N=C/c1cn(Cc2ccc(Cl)cc2)nn1)C(=O)N[C@@H](CO)C(=O)N[C@H](C(N)=O)[C@@H](C)OP(=O)(O)O. The highest BCUT2D eigenvalue weighted by Gasteiger charge is 2.37. The molecule has 6 atom stereocenters. The quantitative estimate of drug-likeness (QED) is 0.0218. The minimum Gasteiger partial charge on any atom is -0.396 e. The number of imidazole rings is 1. The highest BCUT2D eigenvalue weighted by Crippen LogP contribution is 2.38. The van der Waals surface area contributed by atoms with Gasteiger partial charge in [-0.1, -0.05) is 48.0 Å². The average Bonchev–Trinajstić information content (AvgIpc) is 4.03. The summed E-state index contributed by atoms with van der Waals surface area (Å²) in [6.45, 7) is 6.59. The number of aliphatic hydroxyl groups is 1. The Labute approximate surface area is 385 Å². The number of halogens is 1. The topological polar surface area (TPSA) is 337 Å². The molecule has 3 heterocycles. The minimum atomic E-state index is -5.13. The van der Waals surface area contributed by atoms with Gasteiger partial charge >= 0.3 is 7.82 Å². The lowest BCUT2D eigenvalue weighted by Gasteiger charge is -2.28. The fourth-order valence-electron chi connectivity index (χ4n) is 7.03. The number of aliphatic hydroxyl groups excluding tert-OH is 1. The molecule has 3 aromatic rings. The molecule has 0 unspecified atom stereocenters. The molecule has 1 fully saturated rings. The average molecular weight is 965 g/mol. The molecule has 4 rings (SSSR count). The number of hydrogen-bond acceptors (Lipinski definition) is 14. The normalized spacial score (nSPS) is 16.3. The molecule has 6 amide bonds. The van der Waals surface area contributed by atoms with E-state index in [9.17, 15) is 48.2 Å². The van der Waals surface area contributed by atoms with Crippen molar-refractivity contribution in [2.24, 2.45) is 16.8 Å². The molecule has 1 aliphatic heterocycles. The van der Waals surface area contributed by atoms with Gasteiger partial charge in [-0.05, 0) is 62.6 Å². The Balaban J connectivity index is 1.44. The summed E-state index contributed by atoms with van der Waals surface area (Å²) >= 11 is 5.96. The van der Waals surface area contributed by atoms with E-state index in [-0.39, 0.29) is 31.3 Å². The van der Waals surface area contributed by atoms with Crippen LogP contribution >= 0.6 is 19.4 Å². The monoisotopic (exact) mass is 964 g/mol. The first kappa shape index (κ1) is 52.8. The Bertz CT molecular complexity index is 2200. The first-order valence-electron chi connectivity index (χ1n) is 21.2. The van der Waals surface area contributed by atoms with Crippen molar-refractivity contribution in [3.8, 4) is 0 Å². The van der Waals surface area contributed by atoms with E-state index < -0.39 is 80.3 Å². The summed E-state index contributed by atoms with van der Waals surface area (Å²) in [7, 11) is -5.13. The number of nitrogens with zero attached hydrogens (tertiary/aromatic N) is 7. The molecule has 26 heteroatoms. The van der Waals surface area contributed by atoms with E-state index in [1.807, 2.05) is 26.0 Å². The molecule has 0 spiro atoms. The summed E-state index contributed by atoms with van der Waals surface area (Å²) in [5.74, 6) is -5.06. The van der Waals surface area contributed by atoms with Crippen LogP contribution in [0.1, 0.15) is 76.8 Å². The van der Waals surface area contributed by atoms with Gasteiger partial charge in [-0.3, -0.25) is 33.3 Å². The van der Waals surface area contributed by atoms with Crippen molar-refractivity contribution >= 4 is 61.1 Å². The first-order chi connectivity index (χ1) is 31.2. The van der Waals surface area contributed by atoms with E-state index in [1.165, 1.54) is 30.6 Å². The zero-order valence-corrected chi connectivity index (χ0v) is 38.6.